The SMILES string of the molecule is CCNCC(C)Cn1ncc(=O)c2ccccc21. The molecule has 0 aliphatic carbocycles. The molecule has 96 valence electrons. The van der Waals surface area contributed by atoms with Crippen molar-refractivity contribution in [3.63, 3.8) is 0 Å². The van der Waals surface area contributed by atoms with Crippen LogP contribution in [0.4, 0.5) is 0 Å². The highest BCUT2D eigenvalue weighted by Crippen LogP contribution is 2.09. The quantitative estimate of drug-likeness (QED) is 0.871. The predicted octanol–water partition coefficient (Wildman–Crippen LogP) is 1.64. The topological polar surface area (TPSA) is 46.9 Å². The Balaban J connectivity index is 2.29. The molecule has 4 heteroatoms. The second-order valence-corrected chi connectivity index (χ2v) is 4.62. The summed E-state index contributed by atoms with van der Waals surface area (Å²) in [4.78, 5) is 11.7. The number of fused-ring (bicyclic) bond motifs is 1. The van der Waals surface area contributed by atoms with Crippen LogP contribution in [0.1, 0.15) is 13.8 Å². The summed E-state index contributed by atoms with van der Waals surface area (Å²) in [6, 6.07) is 7.62. The number of hydrogen-bond donors (Lipinski definition) is 1. The first-order valence-corrected chi connectivity index (χ1v) is 6.38. The largest absolute Gasteiger partial charge is 0.317 e. The monoisotopic (exact) mass is 245 g/mol. The second-order valence-electron chi connectivity index (χ2n) is 4.62. The molecular formula is C14H19N3O. The van der Waals surface area contributed by atoms with Crippen molar-refractivity contribution >= 4 is 10.9 Å². The minimum Gasteiger partial charge on any atom is -0.317 e. The van der Waals surface area contributed by atoms with Gasteiger partial charge in [0.05, 0.1) is 11.7 Å². The van der Waals surface area contributed by atoms with E-state index in [1.807, 2.05) is 28.9 Å². The van der Waals surface area contributed by atoms with Crippen molar-refractivity contribution in [2.24, 2.45) is 5.92 Å². The molecule has 2 aromatic rings. The van der Waals surface area contributed by atoms with Crippen LogP contribution in [-0.4, -0.2) is 22.9 Å². The van der Waals surface area contributed by atoms with Gasteiger partial charge < -0.3 is 5.32 Å². The Hall–Kier alpha value is -1.68. The predicted molar refractivity (Wildman–Crippen MR) is 73.7 cm³/mol. The molecule has 0 bridgehead atoms. The molecule has 1 atom stereocenters. The van der Waals surface area contributed by atoms with Crippen LogP contribution in [0.2, 0.25) is 0 Å². The van der Waals surface area contributed by atoms with Crippen LogP contribution in [0, 0.1) is 5.92 Å². The molecule has 1 aromatic carbocycles. The van der Waals surface area contributed by atoms with Gasteiger partial charge in [0.25, 0.3) is 0 Å². The van der Waals surface area contributed by atoms with Crippen molar-refractivity contribution < 1.29 is 0 Å². The van der Waals surface area contributed by atoms with E-state index >= 15 is 0 Å². The summed E-state index contributed by atoms with van der Waals surface area (Å²) in [5.74, 6) is 0.475. The van der Waals surface area contributed by atoms with Crippen LogP contribution < -0.4 is 10.7 Å². The average Bonchev–Trinajstić information content (AvgIpc) is 2.40. The van der Waals surface area contributed by atoms with E-state index in [2.05, 4.69) is 24.3 Å². The minimum absolute atomic E-state index is 0.0128. The van der Waals surface area contributed by atoms with E-state index in [0.717, 1.165) is 30.5 Å². The van der Waals surface area contributed by atoms with Crippen LogP contribution in [0.3, 0.4) is 0 Å². The highest BCUT2D eigenvalue weighted by Gasteiger charge is 2.07. The van der Waals surface area contributed by atoms with Gasteiger partial charge in [0, 0.05) is 11.9 Å². The molecule has 0 amide bonds. The lowest BCUT2D eigenvalue weighted by Crippen LogP contribution is -2.25. The molecule has 1 heterocycles. The molecule has 0 aliphatic rings. The Morgan fingerprint density at radius 2 is 2.17 bits per heavy atom. The van der Waals surface area contributed by atoms with Crippen molar-refractivity contribution in [1.29, 1.82) is 0 Å². The third-order valence-corrected chi connectivity index (χ3v) is 2.99. The molecule has 0 saturated carbocycles. The number of para-hydroxylation sites is 1. The van der Waals surface area contributed by atoms with E-state index in [1.165, 1.54) is 6.20 Å². The molecule has 1 aromatic heterocycles. The molecule has 18 heavy (non-hydrogen) atoms. The molecule has 4 nitrogen and oxygen atoms in total. The number of aromatic nitrogens is 2. The first-order valence-electron chi connectivity index (χ1n) is 6.38. The molecule has 0 fully saturated rings. The zero-order valence-corrected chi connectivity index (χ0v) is 10.9. The van der Waals surface area contributed by atoms with E-state index in [0.29, 0.717) is 5.92 Å². The first-order chi connectivity index (χ1) is 8.72. The van der Waals surface area contributed by atoms with Gasteiger partial charge in [-0.1, -0.05) is 26.0 Å². The summed E-state index contributed by atoms with van der Waals surface area (Å²) in [6.45, 7) is 7.02. The van der Waals surface area contributed by atoms with Crippen molar-refractivity contribution in [3.8, 4) is 0 Å². The molecular weight excluding hydrogens is 226 g/mol. The van der Waals surface area contributed by atoms with E-state index in [1.54, 1.807) is 0 Å². The van der Waals surface area contributed by atoms with Gasteiger partial charge >= 0.3 is 0 Å². The molecule has 0 spiro atoms. The summed E-state index contributed by atoms with van der Waals surface area (Å²) in [5, 5.41) is 8.29. The highest BCUT2D eigenvalue weighted by atomic mass is 16.1. The third kappa shape index (κ3) is 2.76. The second kappa shape index (κ2) is 5.78. The number of benzene rings is 1. The van der Waals surface area contributed by atoms with Gasteiger partial charge in [-0.05, 0) is 31.1 Å². The standard InChI is InChI=1S/C14H19N3O/c1-3-15-8-11(2)10-17-13-7-5-4-6-12(13)14(18)9-16-17/h4-7,9,11,15H,3,8,10H2,1-2H3. The molecule has 0 aliphatic heterocycles. The Morgan fingerprint density at radius 1 is 1.39 bits per heavy atom. The summed E-state index contributed by atoms with van der Waals surface area (Å²) in [7, 11) is 0. The number of hydrogen-bond acceptors (Lipinski definition) is 3. The average molecular weight is 245 g/mol. The van der Waals surface area contributed by atoms with Crippen molar-refractivity contribution in [3.05, 3.63) is 40.7 Å². The lowest BCUT2D eigenvalue weighted by atomic mass is 10.1. The maximum absolute atomic E-state index is 11.7. The smallest absolute Gasteiger partial charge is 0.207 e. The first kappa shape index (κ1) is 12.8. The van der Waals surface area contributed by atoms with Crippen LogP contribution in [0.5, 0.6) is 0 Å². The van der Waals surface area contributed by atoms with Crippen molar-refractivity contribution in [2.45, 2.75) is 20.4 Å². The Bertz CT molecular complexity index is 577. The van der Waals surface area contributed by atoms with Gasteiger partial charge in [0.2, 0.25) is 5.43 Å². The van der Waals surface area contributed by atoms with Crippen LogP contribution >= 0.6 is 0 Å². The van der Waals surface area contributed by atoms with E-state index in [9.17, 15) is 4.79 Å². The van der Waals surface area contributed by atoms with Gasteiger partial charge in [-0.15, -0.1) is 0 Å². The van der Waals surface area contributed by atoms with E-state index in [4.69, 9.17) is 0 Å². The molecule has 2 rings (SSSR count). The molecule has 0 saturated heterocycles. The Morgan fingerprint density at radius 3 is 2.94 bits per heavy atom. The van der Waals surface area contributed by atoms with Crippen LogP contribution in [0.15, 0.2) is 35.3 Å². The summed E-state index contributed by atoms with van der Waals surface area (Å²) in [5.41, 5.74) is 0.898. The van der Waals surface area contributed by atoms with E-state index < -0.39 is 0 Å². The lowest BCUT2D eigenvalue weighted by molar-refractivity contribution is 0.431. The Labute approximate surface area is 107 Å². The van der Waals surface area contributed by atoms with Gasteiger partial charge in [-0.2, -0.15) is 5.10 Å². The molecule has 0 radical (unpaired) electrons. The normalized spacial score (nSPS) is 12.8. The summed E-state index contributed by atoms with van der Waals surface area (Å²) < 4.78 is 1.92. The van der Waals surface area contributed by atoms with Crippen LogP contribution in [-0.2, 0) is 6.54 Å². The van der Waals surface area contributed by atoms with Gasteiger partial charge in [0.15, 0.2) is 0 Å². The maximum atomic E-state index is 11.7. The van der Waals surface area contributed by atoms with Gasteiger partial charge in [0.1, 0.15) is 0 Å². The lowest BCUT2D eigenvalue weighted by Gasteiger charge is -2.15. The van der Waals surface area contributed by atoms with Gasteiger partial charge in [-0.25, -0.2) is 0 Å². The third-order valence-electron chi connectivity index (χ3n) is 2.99. The van der Waals surface area contributed by atoms with Crippen molar-refractivity contribution in [2.75, 3.05) is 13.1 Å². The number of rotatable bonds is 5. The number of nitrogens with one attached hydrogen (secondary N) is 1. The summed E-state index contributed by atoms with van der Waals surface area (Å²) in [6.07, 6.45) is 1.41. The minimum atomic E-state index is -0.0128. The Kier molecular flexibility index (Phi) is 4.10. The maximum Gasteiger partial charge on any atom is 0.207 e. The number of nitrogens with zero attached hydrogens (tertiary/aromatic N) is 2. The zero-order chi connectivity index (χ0) is 13.0. The zero-order valence-electron chi connectivity index (χ0n) is 10.9. The van der Waals surface area contributed by atoms with Gasteiger partial charge in [-0.3, -0.25) is 9.48 Å². The fourth-order valence-electron chi connectivity index (χ4n) is 2.06. The fraction of sp³-hybridized carbons (Fsp3) is 0.429. The molecule has 1 N–H and O–H groups in total. The van der Waals surface area contributed by atoms with Crippen LogP contribution in [0.25, 0.3) is 10.9 Å². The summed E-state index contributed by atoms with van der Waals surface area (Å²) >= 11 is 0. The molecule has 1 unspecified atom stereocenters. The highest BCUT2D eigenvalue weighted by molar-refractivity contribution is 5.77. The van der Waals surface area contributed by atoms with E-state index in [-0.39, 0.29) is 5.43 Å². The van der Waals surface area contributed by atoms with Crippen molar-refractivity contribution in [1.82, 2.24) is 15.1 Å². The fourth-order valence-corrected chi connectivity index (χ4v) is 2.06.